The minimum absolute atomic E-state index is 0.0783. The van der Waals surface area contributed by atoms with E-state index in [9.17, 15) is 4.79 Å². The molecule has 0 radical (unpaired) electrons. The van der Waals surface area contributed by atoms with E-state index in [1.807, 2.05) is 19.1 Å². The Kier molecular flexibility index (Phi) is 6.49. The summed E-state index contributed by atoms with van der Waals surface area (Å²) in [6, 6.07) is 7.35. The topological polar surface area (TPSA) is 91.8 Å². The minimum Gasteiger partial charge on any atom is -0.369 e. The van der Waals surface area contributed by atoms with E-state index in [0.29, 0.717) is 5.69 Å². The molecule has 18 heavy (non-hydrogen) atoms. The van der Waals surface area contributed by atoms with Gasteiger partial charge in [-0.15, -0.1) is 0 Å². The molecule has 1 atom stereocenters. The first-order valence-electron chi connectivity index (χ1n) is 5.37. The average Bonchev–Trinajstić information content (AvgIpc) is 2.36. The van der Waals surface area contributed by atoms with Crippen molar-refractivity contribution in [3.8, 4) is 0 Å². The maximum Gasteiger partial charge on any atom is 0.220 e. The van der Waals surface area contributed by atoms with Gasteiger partial charge in [-0.2, -0.15) is 0 Å². The van der Waals surface area contributed by atoms with Crippen LogP contribution in [0.1, 0.15) is 13.3 Å². The molecule has 2 N–H and O–H groups in total. The number of carbonyl (C=O) groups excluding carboxylic acids is 1. The summed E-state index contributed by atoms with van der Waals surface area (Å²) in [6.45, 7) is 1.84. The van der Waals surface area contributed by atoms with Gasteiger partial charge in [0, 0.05) is 27.2 Å². The summed E-state index contributed by atoms with van der Waals surface area (Å²) in [5, 5.41) is 3.50. The Balaban J connectivity index is 2.31. The summed E-state index contributed by atoms with van der Waals surface area (Å²) < 4.78 is 0. The Morgan fingerprint density at radius 3 is 2.72 bits per heavy atom. The van der Waals surface area contributed by atoms with Crippen molar-refractivity contribution in [2.45, 2.75) is 18.2 Å². The monoisotopic (exact) mass is 282 g/mol. The molecule has 1 aromatic rings. The molecular formula is C11H14N4OS2. The SMILES string of the molecule is CC(CCSSc1ccc(N=[N+]=[N-])cc1)C(N)=O. The second-order valence-corrected chi connectivity index (χ2v) is 6.17. The third-order valence-electron chi connectivity index (χ3n) is 2.27. The van der Waals surface area contributed by atoms with Gasteiger partial charge in [0.2, 0.25) is 5.91 Å². The molecule has 1 unspecified atom stereocenters. The van der Waals surface area contributed by atoms with Crippen LogP contribution in [0.4, 0.5) is 5.69 Å². The molecule has 0 saturated heterocycles. The Morgan fingerprint density at radius 1 is 1.50 bits per heavy atom. The van der Waals surface area contributed by atoms with Crippen LogP contribution in [0.3, 0.4) is 0 Å². The molecule has 0 heterocycles. The van der Waals surface area contributed by atoms with E-state index in [1.54, 1.807) is 33.7 Å². The number of nitrogens with two attached hydrogens (primary N) is 1. The summed E-state index contributed by atoms with van der Waals surface area (Å²) in [6.07, 6.45) is 0.782. The van der Waals surface area contributed by atoms with Gasteiger partial charge in [0.05, 0.1) is 0 Å². The largest absolute Gasteiger partial charge is 0.369 e. The summed E-state index contributed by atoms with van der Waals surface area (Å²) >= 11 is 0. The molecule has 0 aliphatic carbocycles. The number of hydrogen-bond donors (Lipinski definition) is 1. The molecule has 5 nitrogen and oxygen atoms in total. The fourth-order valence-corrected chi connectivity index (χ4v) is 3.29. The molecule has 1 rings (SSSR count). The van der Waals surface area contributed by atoms with Crippen molar-refractivity contribution in [2.75, 3.05) is 5.75 Å². The predicted molar refractivity (Wildman–Crippen MR) is 76.5 cm³/mol. The Labute approximate surface area is 114 Å². The van der Waals surface area contributed by atoms with Crippen LogP contribution in [0, 0.1) is 5.92 Å². The smallest absolute Gasteiger partial charge is 0.220 e. The van der Waals surface area contributed by atoms with Crippen molar-refractivity contribution in [2.24, 2.45) is 16.8 Å². The number of hydrogen-bond acceptors (Lipinski definition) is 4. The minimum atomic E-state index is -0.251. The maximum atomic E-state index is 10.8. The van der Waals surface area contributed by atoms with Crippen molar-refractivity contribution < 1.29 is 4.79 Å². The van der Waals surface area contributed by atoms with Gasteiger partial charge < -0.3 is 5.73 Å². The molecule has 0 aromatic heterocycles. The van der Waals surface area contributed by atoms with Gasteiger partial charge in [-0.3, -0.25) is 4.79 Å². The van der Waals surface area contributed by atoms with Gasteiger partial charge in [0.1, 0.15) is 0 Å². The van der Waals surface area contributed by atoms with Gasteiger partial charge in [0.25, 0.3) is 0 Å². The van der Waals surface area contributed by atoms with Gasteiger partial charge in [-0.1, -0.05) is 45.8 Å². The number of carbonyl (C=O) groups is 1. The van der Waals surface area contributed by atoms with Crippen LogP contribution >= 0.6 is 21.6 Å². The average molecular weight is 282 g/mol. The van der Waals surface area contributed by atoms with Crippen molar-refractivity contribution in [1.29, 1.82) is 0 Å². The fraction of sp³-hybridized carbons (Fsp3) is 0.364. The van der Waals surface area contributed by atoms with Crippen LogP contribution in [0.5, 0.6) is 0 Å². The first kappa shape index (κ1) is 14.8. The van der Waals surface area contributed by atoms with Crippen LogP contribution in [0.15, 0.2) is 34.3 Å². The first-order valence-corrected chi connectivity index (χ1v) is 7.69. The predicted octanol–water partition coefficient (Wildman–Crippen LogP) is 3.88. The highest BCUT2D eigenvalue weighted by Crippen LogP contribution is 2.33. The molecule has 0 bridgehead atoms. The van der Waals surface area contributed by atoms with Crippen molar-refractivity contribution in [1.82, 2.24) is 0 Å². The Hall–Kier alpha value is -1.30. The molecule has 0 spiro atoms. The lowest BCUT2D eigenvalue weighted by Crippen LogP contribution is -2.20. The Bertz CT molecular complexity index is 443. The van der Waals surface area contributed by atoms with Crippen LogP contribution in [-0.4, -0.2) is 11.7 Å². The number of amides is 1. The lowest BCUT2D eigenvalue weighted by molar-refractivity contribution is -0.121. The number of primary amides is 1. The zero-order chi connectivity index (χ0) is 13.4. The van der Waals surface area contributed by atoms with E-state index >= 15 is 0 Å². The first-order chi connectivity index (χ1) is 8.63. The van der Waals surface area contributed by atoms with Crippen molar-refractivity contribution >= 4 is 33.2 Å². The molecule has 1 amide bonds. The third kappa shape index (κ3) is 5.35. The standard InChI is InChI=1S/C11H14N4OS2/c1-8(11(12)16)6-7-17-18-10-4-2-9(3-5-10)14-15-13/h2-5,8H,6-7H2,1H3,(H2,12,16). The lowest BCUT2D eigenvalue weighted by atomic mass is 10.1. The second kappa shape index (κ2) is 7.92. The van der Waals surface area contributed by atoms with Crippen LogP contribution in [0.2, 0.25) is 0 Å². The highest BCUT2D eigenvalue weighted by atomic mass is 33.1. The van der Waals surface area contributed by atoms with Gasteiger partial charge in [-0.05, 0) is 24.1 Å². The molecule has 0 fully saturated rings. The molecule has 0 saturated carbocycles. The fourth-order valence-electron chi connectivity index (χ4n) is 1.10. The van der Waals surface area contributed by atoms with E-state index in [2.05, 4.69) is 10.0 Å². The molecular weight excluding hydrogens is 268 g/mol. The summed E-state index contributed by atoms with van der Waals surface area (Å²) in [7, 11) is 3.31. The zero-order valence-electron chi connectivity index (χ0n) is 9.94. The summed E-state index contributed by atoms with van der Waals surface area (Å²) in [4.78, 5) is 14.6. The zero-order valence-corrected chi connectivity index (χ0v) is 11.6. The van der Waals surface area contributed by atoms with E-state index < -0.39 is 0 Å². The lowest BCUT2D eigenvalue weighted by Gasteiger charge is -2.06. The van der Waals surface area contributed by atoms with Crippen molar-refractivity contribution in [3.63, 3.8) is 0 Å². The van der Waals surface area contributed by atoms with E-state index in [1.165, 1.54) is 0 Å². The van der Waals surface area contributed by atoms with Gasteiger partial charge in [0.15, 0.2) is 0 Å². The van der Waals surface area contributed by atoms with Crippen LogP contribution in [-0.2, 0) is 4.79 Å². The number of benzene rings is 1. The quantitative estimate of drug-likeness (QED) is 0.270. The normalized spacial score (nSPS) is 11.6. The molecule has 0 aliphatic rings. The molecule has 96 valence electrons. The van der Waals surface area contributed by atoms with Gasteiger partial charge >= 0.3 is 0 Å². The van der Waals surface area contributed by atoms with E-state index in [-0.39, 0.29) is 11.8 Å². The molecule has 0 aliphatic heterocycles. The van der Waals surface area contributed by atoms with Gasteiger partial charge in [-0.25, -0.2) is 0 Å². The van der Waals surface area contributed by atoms with Crippen molar-refractivity contribution in [3.05, 3.63) is 34.7 Å². The number of nitrogens with zero attached hydrogens (tertiary/aromatic N) is 3. The van der Waals surface area contributed by atoms with E-state index in [0.717, 1.165) is 17.1 Å². The summed E-state index contributed by atoms with van der Waals surface area (Å²) in [5.74, 6) is 0.539. The number of rotatable bonds is 7. The maximum absolute atomic E-state index is 10.8. The molecule has 1 aromatic carbocycles. The molecule has 7 heteroatoms. The second-order valence-electron chi connectivity index (χ2n) is 3.68. The highest BCUT2D eigenvalue weighted by molar-refractivity contribution is 8.76. The highest BCUT2D eigenvalue weighted by Gasteiger charge is 2.07. The van der Waals surface area contributed by atoms with E-state index in [4.69, 9.17) is 11.3 Å². The Morgan fingerprint density at radius 2 is 2.17 bits per heavy atom. The number of azide groups is 1. The summed E-state index contributed by atoms with van der Waals surface area (Å²) in [5.41, 5.74) is 14.1. The van der Waals surface area contributed by atoms with Crippen LogP contribution < -0.4 is 5.73 Å². The third-order valence-corrected chi connectivity index (χ3v) is 4.69. The van der Waals surface area contributed by atoms with Crippen LogP contribution in [0.25, 0.3) is 10.4 Å².